The van der Waals surface area contributed by atoms with Crippen molar-refractivity contribution < 1.29 is 9.84 Å². The van der Waals surface area contributed by atoms with Gasteiger partial charge in [-0.3, -0.25) is 0 Å². The highest BCUT2D eigenvalue weighted by atomic mass is 16.5. The van der Waals surface area contributed by atoms with Crippen LogP contribution in [0.25, 0.3) is 0 Å². The summed E-state index contributed by atoms with van der Waals surface area (Å²) in [5.74, 6) is 0.832. The summed E-state index contributed by atoms with van der Waals surface area (Å²) in [5, 5.41) is 15.9. The van der Waals surface area contributed by atoms with Gasteiger partial charge < -0.3 is 20.5 Å². The zero-order valence-electron chi connectivity index (χ0n) is 11.0. The molecule has 4 heteroatoms. The van der Waals surface area contributed by atoms with E-state index in [1.165, 1.54) is 0 Å². The van der Waals surface area contributed by atoms with Crippen LogP contribution in [0.15, 0.2) is 18.2 Å². The Bertz CT molecular complexity index is 359. The molecule has 0 aliphatic heterocycles. The summed E-state index contributed by atoms with van der Waals surface area (Å²) < 4.78 is 5.23. The van der Waals surface area contributed by atoms with E-state index in [9.17, 15) is 5.11 Å². The average Bonchev–Trinajstić information content (AvgIpc) is 2.27. The van der Waals surface area contributed by atoms with Gasteiger partial charge in [-0.15, -0.1) is 0 Å². The summed E-state index contributed by atoms with van der Waals surface area (Å²) in [5.41, 5.74) is 1.44. The summed E-state index contributed by atoms with van der Waals surface area (Å²) in [6.45, 7) is 4.86. The molecule has 0 radical (unpaired) electrons. The van der Waals surface area contributed by atoms with Crippen LogP contribution in [0.5, 0.6) is 5.75 Å². The third-order valence-corrected chi connectivity index (χ3v) is 2.42. The van der Waals surface area contributed by atoms with Gasteiger partial charge in [0.05, 0.1) is 18.4 Å². The number of benzene rings is 1. The van der Waals surface area contributed by atoms with Crippen LogP contribution >= 0.6 is 0 Å². The van der Waals surface area contributed by atoms with Gasteiger partial charge in [0.2, 0.25) is 0 Å². The lowest BCUT2D eigenvalue weighted by atomic mass is 10.1. The van der Waals surface area contributed by atoms with Crippen molar-refractivity contribution in [1.82, 2.24) is 5.32 Å². The van der Waals surface area contributed by atoms with Crippen molar-refractivity contribution in [2.24, 2.45) is 0 Å². The Morgan fingerprint density at radius 1 is 1.35 bits per heavy atom. The molecule has 0 heterocycles. The van der Waals surface area contributed by atoms with Crippen molar-refractivity contribution in [3.8, 4) is 5.75 Å². The van der Waals surface area contributed by atoms with Crippen molar-refractivity contribution >= 4 is 5.69 Å². The minimum Gasteiger partial charge on any atom is -0.495 e. The highest BCUT2D eigenvalue weighted by Crippen LogP contribution is 2.24. The maximum atomic E-state index is 9.58. The van der Waals surface area contributed by atoms with Crippen molar-refractivity contribution in [2.75, 3.05) is 26.0 Å². The minimum absolute atomic E-state index is 0.563. The van der Waals surface area contributed by atoms with Gasteiger partial charge in [0.25, 0.3) is 0 Å². The Morgan fingerprint density at radius 2 is 2.06 bits per heavy atom. The minimum atomic E-state index is -0.682. The highest BCUT2D eigenvalue weighted by Gasteiger charge is 2.11. The predicted octanol–water partition coefficient (Wildman–Crippen LogP) is 1.60. The summed E-state index contributed by atoms with van der Waals surface area (Å²) in [7, 11) is 3.52. The topological polar surface area (TPSA) is 53.5 Å². The van der Waals surface area contributed by atoms with Crippen molar-refractivity contribution in [1.29, 1.82) is 0 Å². The fourth-order valence-corrected chi connectivity index (χ4v) is 1.57. The van der Waals surface area contributed by atoms with Gasteiger partial charge in [-0.25, -0.2) is 0 Å². The van der Waals surface area contributed by atoms with Gasteiger partial charge in [-0.1, -0.05) is 6.07 Å². The number of methoxy groups -OCH3 is 1. The van der Waals surface area contributed by atoms with Crippen LogP contribution in [-0.2, 0) is 6.54 Å². The summed E-state index contributed by atoms with van der Waals surface area (Å²) in [4.78, 5) is 0. The Labute approximate surface area is 103 Å². The molecular weight excluding hydrogens is 216 g/mol. The second kappa shape index (κ2) is 5.89. The van der Waals surface area contributed by atoms with E-state index in [-0.39, 0.29) is 0 Å². The standard InChI is InChI=1S/C13H22N2O2/c1-13(2,16)9-15-8-10-5-6-12(17-4)11(7-10)14-3/h5-7,14-16H,8-9H2,1-4H3. The fourth-order valence-electron chi connectivity index (χ4n) is 1.57. The number of aliphatic hydroxyl groups is 1. The second-order valence-electron chi connectivity index (χ2n) is 4.70. The Kier molecular flexibility index (Phi) is 4.78. The molecule has 0 spiro atoms. The maximum Gasteiger partial charge on any atom is 0.141 e. The van der Waals surface area contributed by atoms with Crippen LogP contribution in [0.2, 0.25) is 0 Å². The number of hydrogen-bond acceptors (Lipinski definition) is 4. The van der Waals surface area contributed by atoms with E-state index in [2.05, 4.69) is 10.6 Å². The van der Waals surface area contributed by atoms with Crippen LogP contribution < -0.4 is 15.4 Å². The smallest absolute Gasteiger partial charge is 0.141 e. The molecule has 3 N–H and O–H groups in total. The average molecular weight is 238 g/mol. The van der Waals surface area contributed by atoms with Gasteiger partial charge in [-0.05, 0) is 31.5 Å². The van der Waals surface area contributed by atoms with Gasteiger partial charge in [0.1, 0.15) is 5.75 Å². The van der Waals surface area contributed by atoms with Crippen molar-refractivity contribution in [2.45, 2.75) is 26.0 Å². The number of rotatable bonds is 6. The lowest BCUT2D eigenvalue weighted by Crippen LogP contribution is -2.34. The summed E-state index contributed by atoms with van der Waals surface area (Å²) >= 11 is 0. The van der Waals surface area contributed by atoms with Gasteiger partial charge >= 0.3 is 0 Å². The molecule has 0 saturated heterocycles. The van der Waals surface area contributed by atoms with Crippen molar-refractivity contribution in [3.05, 3.63) is 23.8 Å². The molecule has 1 aromatic rings. The molecule has 0 amide bonds. The third kappa shape index (κ3) is 4.63. The third-order valence-electron chi connectivity index (χ3n) is 2.42. The van der Waals surface area contributed by atoms with Crippen LogP contribution in [0, 0.1) is 0 Å². The second-order valence-corrected chi connectivity index (χ2v) is 4.70. The SMILES string of the molecule is CNc1cc(CNCC(C)(C)O)ccc1OC. The zero-order valence-corrected chi connectivity index (χ0v) is 11.0. The molecule has 1 aromatic carbocycles. The molecule has 1 rings (SSSR count). The van der Waals surface area contributed by atoms with E-state index in [0.29, 0.717) is 6.54 Å². The first-order chi connectivity index (χ1) is 7.96. The van der Waals surface area contributed by atoms with Gasteiger partial charge in [0.15, 0.2) is 0 Å². The monoisotopic (exact) mass is 238 g/mol. The van der Waals surface area contributed by atoms with Gasteiger partial charge in [0, 0.05) is 20.1 Å². The number of hydrogen-bond donors (Lipinski definition) is 3. The molecule has 4 nitrogen and oxygen atoms in total. The Balaban J connectivity index is 2.60. The lowest BCUT2D eigenvalue weighted by Gasteiger charge is -2.18. The predicted molar refractivity (Wildman–Crippen MR) is 70.5 cm³/mol. The van der Waals surface area contributed by atoms with Crippen LogP contribution in [0.4, 0.5) is 5.69 Å². The Hall–Kier alpha value is -1.26. The quantitative estimate of drug-likeness (QED) is 0.704. The number of nitrogens with one attached hydrogen (secondary N) is 2. The first-order valence-electron chi connectivity index (χ1n) is 5.74. The zero-order chi connectivity index (χ0) is 12.9. The molecule has 0 atom stereocenters. The summed E-state index contributed by atoms with van der Waals surface area (Å²) in [6.07, 6.45) is 0. The molecule has 0 saturated carbocycles. The Morgan fingerprint density at radius 3 is 2.59 bits per heavy atom. The van der Waals surface area contributed by atoms with E-state index >= 15 is 0 Å². The number of ether oxygens (including phenoxy) is 1. The molecule has 0 fully saturated rings. The lowest BCUT2D eigenvalue weighted by molar-refractivity contribution is 0.0795. The van der Waals surface area contributed by atoms with Crippen LogP contribution in [0.3, 0.4) is 0 Å². The molecule has 0 aromatic heterocycles. The van der Waals surface area contributed by atoms with Crippen molar-refractivity contribution in [3.63, 3.8) is 0 Å². The normalized spacial score (nSPS) is 11.4. The number of anilines is 1. The molecule has 0 bridgehead atoms. The molecular formula is C13H22N2O2. The van der Waals surface area contributed by atoms with E-state index in [1.54, 1.807) is 21.0 Å². The van der Waals surface area contributed by atoms with Crippen LogP contribution in [-0.4, -0.2) is 31.4 Å². The van der Waals surface area contributed by atoms with E-state index in [4.69, 9.17) is 4.74 Å². The van der Waals surface area contributed by atoms with E-state index in [0.717, 1.165) is 23.5 Å². The van der Waals surface area contributed by atoms with Crippen LogP contribution in [0.1, 0.15) is 19.4 Å². The van der Waals surface area contributed by atoms with E-state index < -0.39 is 5.60 Å². The first kappa shape index (κ1) is 13.8. The highest BCUT2D eigenvalue weighted by molar-refractivity contribution is 5.57. The molecule has 0 unspecified atom stereocenters. The maximum absolute atomic E-state index is 9.58. The first-order valence-corrected chi connectivity index (χ1v) is 5.74. The fraction of sp³-hybridized carbons (Fsp3) is 0.538. The molecule has 0 aliphatic rings. The molecule has 17 heavy (non-hydrogen) atoms. The summed E-state index contributed by atoms with van der Waals surface area (Å²) in [6, 6.07) is 5.99. The van der Waals surface area contributed by atoms with E-state index in [1.807, 2.05) is 25.2 Å². The largest absolute Gasteiger partial charge is 0.495 e. The molecule has 96 valence electrons. The van der Waals surface area contributed by atoms with Gasteiger partial charge in [-0.2, -0.15) is 0 Å². The molecule has 0 aliphatic carbocycles.